The van der Waals surface area contributed by atoms with E-state index >= 15 is 0 Å². The predicted molar refractivity (Wildman–Crippen MR) is 93.1 cm³/mol. The van der Waals surface area contributed by atoms with Gasteiger partial charge in [-0.3, -0.25) is 14.6 Å². The van der Waals surface area contributed by atoms with Gasteiger partial charge in [0.2, 0.25) is 5.91 Å². The highest BCUT2D eigenvalue weighted by Gasteiger charge is 2.29. The first-order valence-electron chi connectivity index (χ1n) is 8.11. The summed E-state index contributed by atoms with van der Waals surface area (Å²) in [7, 11) is 4.69. The van der Waals surface area contributed by atoms with Crippen LogP contribution in [0.2, 0.25) is 0 Å². The molecule has 2 rings (SSSR count). The molecule has 1 fully saturated rings. The van der Waals surface area contributed by atoms with Gasteiger partial charge in [0.1, 0.15) is 11.5 Å². The number of hydrogen-bond acceptors (Lipinski definition) is 5. The lowest BCUT2D eigenvalue weighted by Crippen LogP contribution is -2.44. The third kappa shape index (κ3) is 4.73. The maximum Gasteiger partial charge on any atom is 0.265 e. The minimum Gasteiger partial charge on any atom is -0.497 e. The van der Waals surface area contributed by atoms with Crippen molar-refractivity contribution in [1.82, 2.24) is 10.0 Å². The fourth-order valence-corrected chi connectivity index (χ4v) is 2.64. The van der Waals surface area contributed by atoms with Gasteiger partial charge in [-0.05, 0) is 30.7 Å². The number of carbonyl (C=O) groups excluding carboxylic acids is 2. The standard InChI is InChI=1S/C18H24N2O5/c1-23-12-9-18(22)20-11-4-10-19(20)17(21)8-5-14-13-15(24-2)6-7-16(14)25-3/h5-8,13H,4,9-12H2,1-3H3. The summed E-state index contributed by atoms with van der Waals surface area (Å²) in [5.74, 6) is 0.956. The lowest BCUT2D eigenvalue weighted by molar-refractivity contribution is -0.155. The van der Waals surface area contributed by atoms with Crippen LogP contribution in [0.5, 0.6) is 11.5 Å². The number of amides is 2. The summed E-state index contributed by atoms with van der Waals surface area (Å²) >= 11 is 0. The molecular formula is C18H24N2O5. The lowest BCUT2D eigenvalue weighted by Gasteiger charge is -2.26. The summed E-state index contributed by atoms with van der Waals surface area (Å²) in [6, 6.07) is 5.35. The second-order valence-corrected chi connectivity index (χ2v) is 5.52. The van der Waals surface area contributed by atoms with E-state index in [0.717, 1.165) is 12.0 Å². The first-order valence-corrected chi connectivity index (χ1v) is 8.11. The molecule has 1 saturated heterocycles. The van der Waals surface area contributed by atoms with Crippen molar-refractivity contribution in [1.29, 1.82) is 0 Å². The fourth-order valence-electron chi connectivity index (χ4n) is 2.64. The Morgan fingerprint density at radius 1 is 1.12 bits per heavy atom. The number of nitrogens with zero attached hydrogens (tertiary/aromatic N) is 2. The summed E-state index contributed by atoms with van der Waals surface area (Å²) in [4.78, 5) is 24.7. The quantitative estimate of drug-likeness (QED) is 0.702. The normalized spacial score (nSPS) is 14.2. The number of benzene rings is 1. The maximum atomic E-state index is 12.5. The Kier molecular flexibility index (Phi) is 6.82. The van der Waals surface area contributed by atoms with Crippen LogP contribution in [0, 0.1) is 0 Å². The molecule has 0 N–H and O–H groups in total. The third-order valence-electron chi connectivity index (χ3n) is 3.94. The molecule has 136 valence electrons. The van der Waals surface area contributed by atoms with Crippen molar-refractivity contribution in [3.8, 4) is 11.5 Å². The van der Waals surface area contributed by atoms with E-state index in [-0.39, 0.29) is 18.2 Å². The van der Waals surface area contributed by atoms with Crippen molar-refractivity contribution < 1.29 is 23.8 Å². The van der Waals surface area contributed by atoms with Crippen LogP contribution in [0.15, 0.2) is 24.3 Å². The van der Waals surface area contributed by atoms with Crippen LogP contribution in [0.3, 0.4) is 0 Å². The van der Waals surface area contributed by atoms with Crippen LogP contribution >= 0.6 is 0 Å². The monoisotopic (exact) mass is 348 g/mol. The number of ether oxygens (including phenoxy) is 3. The van der Waals surface area contributed by atoms with Gasteiger partial charge in [0, 0.05) is 31.8 Å². The Labute approximate surface area is 147 Å². The summed E-state index contributed by atoms with van der Waals surface area (Å²) in [5, 5.41) is 2.97. The zero-order valence-corrected chi connectivity index (χ0v) is 14.9. The Hall–Kier alpha value is -2.54. The molecule has 1 aliphatic heterocycles. The largest absolute Gasteiger partial charge is 0.497 e. The molecule has 0 aromatic heterocycles. The van der Waals surface area contributed by atoms with Gasteiger partial charge < -0.3 is 14.2 Å². The van der Waals surface area contributed by atoms with Crippen molar-refractivity contribution in [2.75, 3.05) is 41.0 Å². The van der Waals surface area contributed by atoms with E-state index in [1.807, 2.05) is 0 Å². The van der Waals surface area contributed by atoms with E-state index in [0.29, 0.717) is 31.2 Å². The number of hydrogen-bond donors (Lipinski definition) is 0. The van der Waals surface area contributed by atoms with E-state index < -0.39 is 0 Å². The SMILES string of the molecule is COCCC(=O)N1CCCN1C(=O)C=Cc1cc(OC)ccc1OC. The Morgan fingerprint density at radius 2 is 1.88 bits per heavy atom. The first kappa shape index (κ1) is 18.8. The lowest BCUT2D eigenvalue weighted by atomic mass is 10.1. The minimum atomic E-state index is -0.242. The van der Waals surface area contributed by atoms with Crippen molar-refractivity contribution in [2.45, 2.75) is 12.8 Å². The molecule has 1 aromatic rings. The summed E-state index contributed by atoms with van der Waals surface area (Å²) < 4.78 is 15.4. The average Bonchev–Trinajstić information content (AvgIpc) is 3.13. The molecule has 25 heavy (non-hydrogen) atoms. The molecule has 0 saturated carbocycles. The Balaban J connectivity index is 2.10. The van der Waals surface area contributed by atoms with E-state index in [2.05, 4.69) is 0 Å². The summed E-state index contributed by atoms with van der Waals surface area (Å²) in [5.41, 5.74) is 0.728. The summed E-state index contributed by atoms with van der Waals surface area (Å²) in [6.07, 6.45) is 4.13. The van der Waals surface area contributed by atoms with Gasteiger partial charge in [-0.1, -0.05) is 0 Å². The smallest absolute Gasteiger partial charge is 0.265 e. The van der Waals surface area contributed by atoms with Gasteiger partial charge in [-0.25, -0.2) is 5.01 Å². The van der Waals surface area contributed by atoms with Crippen molar-refractivity contribution >= 4 is 17.9 Å². The van der Waals surface area contributed by atoms with Gasteiger partial charge in [0.15, 0.2) is 0 Å². The van der Waals surface area contributed by atoms with Crippen molar-refractivity contribution in [3.63, 3.8) is 0 Å². The summed E-state index contributed by atoms with van der Waals surface area (Å²) in [6.45, 7) is 1.41. The van der Waals surface area contributed by atoms with Crippen molar-refractivity contribution in [3.05, 3.63) is 29.8 Å². The highest BCUT2D eigenvalue weighted by molar-refractivity contribution is 5.93. The molecular weight excluding hydrogens is 324 g/mol. The van der Waals surface area contributed by atoms with Crippen molar-refractivity contribution in [2.24, 2.45) is 0 Å². The highest BCUT2D eigenvalue weighted by atomic mass is 16.5. The van der Waals surface area contributed by atoms with Crippen LogP contribution in [0.4, 0.5) is 0 Å². The van der Waals surface area contributed by atoms with E-state index in [9.17, 15) is 9.59 Å². The van der Waals surface area contributed by atoms with Crippen LogP contribution in [-0.4, -0.2) is 62.9 Å². The second kappa shape index (κ2) is 9.08. The molecule has 2 amide bonds. The fraction of sp³-hybridized carbons (Fsp3) is 0.444. The van der Waals surface area contributed by atoms with Gasteiger partial charge in [0.25, 0.3) is 5.91 Å². The molecule has 0 unspecified atom stereocenters. The van der Waals surface area contributed by atoms with E-state index in [1.54, 1.807) is 45.6 Å². The molecule has 7 nitrogen and oxygen atoms in total. The van der Waals surface area contributed by atoms with Crippen LogP contribution < -0.4 is 9.47 Å². The molecule has 1 aliphatic rings. The molecule has 7 heteroatoms. The molecule has 0 radical (unpaired) electrons. The number of hydrazine groups is 1. The zero-order chi connectivity index (χ0) is 18.2. The van der Waals surface area contributed by atoms with Crippen LogP contribution in [-0.2, 0) is 14.3 Å². The topological polar surface area (TPSA) is 68.3 Å². The van der Waals surface area contributed by atoms with E-state index in [4.69, 9.17) is 14.2 Å². The predicted octanol–water partition coefficient (Wildman–Crippen LogP) is 1.73. The third-order valence-corrected chi connectivity index (χ3v) is 3.94. The molecule has 1 heterocycles. The number of methoxy groups -OCH3 is 3. The minimum absolute atomic E-state index is 0.111. The van der Waals surface area contributed by atoms with Gasteiger partial charge >= 0.3 is 0 Å². The molecule has 0 atom stereocenters. The molecule has 1 aromatic carbocycles. The van der Waals surface area contributed by atoms with Gasteiger partial charge in [-0.2, -0.15) is 0 Å². The molecule has 0 aliphatic carbocycles. The number of rotatable bonds is 7. The average molecular weight is 348 g/mol. The number of carbonyl (C=O) groups is 2. The zero-order valence-electron chi connectivity index (χ0n) is 14.9. The van der Waals surface area contributed by atoms with Crippen LogP contribution in [0.1, 0.15) is 18.4 Å². The van der Waals surface area contributed by atoms with E-state index in [1.165, 1.54) is 16.1 Å². The second-order valence-electron chi connectivity index (χ2n) is 5.52. The van der Waals surface area contributed by atoms with Gasteiger partial charge in [0.05, 0.1) is 27.2 Å². The first-order chi connectivity index (χ1) is 12.1. The molecule has 0 bridgehead atoms. The Bertz CT molecular complexity index is 644. The Morgan fingerprint density at radius 3 is 2.56 bits per heavy atom. The molecule has 0 spiro atoms. The van der Waals surface area contributed by atoms with Crippen LogP contribution in [0.25, 0.3) is 6.08 Å². The highest BCUT2D eigenvalue weighted by Crippen LogP contribution is 2.25. The van der Waals surface area contributed by atoms with Gasteiger partial charge in [-0.15, -0.1) is 0 Å². The maximum absolute atomic E-state index is 12.5.